The molecule has 27 heavy (non-hydrogen) atoms. The number of hydrogen-bond acceptors (Lipinski definition) is 3. The Bertz CT molecular complexity index is 643. The zero-order chi connectivity index (χ0) is 19.4. The fourth-order valence-corrected chi connectivity index (χ4v) is 4.48. The summed E-state index contributed by atoms with van der Waals surface area (Å²) in [6, 6.07) is 4.42. The number of hydrogen-bond donors (Lipinski definition) is 0. The van der Waals surface area contributed by atoms with Gasteiger partial charge < -0.3 is 9.47 Å². The van der Waals surface area contributed by atoms with Gasteiger partial charge in [0.05, 0.1) is 18.6 Å². The molecule has 2 fully saturated rings. The molecule has 150 valence electrons. The van der Waals surface area contributed by atoms with Crippen LogP contribution in [0.25, 0.3) is 0 Å². The third-order valence-corrected chi connectivity index (χ3v) is 6.94. The van der Waals surface area contributed by atoms with Crippen molar-refractivity contribution in [2.45, 2.75) is 97.9 Å². The molecule has 0 amide bonds. The van der Waals surface area contributed by atoms with Gasteiger partial charge in [-0.1, -0.05) is 19.1 Å². The van der Waals surface area contributed by atoms with Gasteiger partial charge >= 0.3 is 5.97 Å². The normalized spacial score (nSPS) is 28.8. The minimum Gasteiger partial charge on any atom is -0.462 e. The Hall–Kier alpha value is -1.35. The van der Waals surface area contributed by atoms with Crippen LogP contribution in [0.2, 0.25) is 0 Å². The zero-order valence-electron chi connectivity index (χ0n) is 17.6. The minimum atomic E-state index is 0.00462. The van der Waals surface area contributed by atoms with E-state index < -0.39 is 0 Å². The smallest absolute Gasteiger partial charge is 0.308 e. The molecule has 1 aromatic carbocycles. The molecule has 2 atom stereocenters. The molecule has 0 N–H and O–H groups in total. The number of carbonyl (C=O) groups excluding carboxylic acids is 1. The van der Waals surface area contributed by atoms with Crippen molar-refractivity contribution < 1.29 is 14.3 Å². The SMILES string of the molecule is Cc1ccc(COC2CCC(CCC3CCC(C)C(=O)O3)CC2)c(C)c1C. The van der Waals surface area contributed by atoms with Crippen molar-refractivity contribution in [2.75, 3.05) is 0 Å². The van der Waals surface area contributed by atoms with Crippen molar-refractivity contribution in [2.24, 2.45) is 11.8 Å². The van der Waals surface area contributed by atoms with Crippen LogP contribution in [-0.4, -0.2) is 18.2 Å². The first-order valence-corrected chi connectivity index (χ1v) is 10.8. The summed E-state index contributed by atoms with van der Waals surface area (Å²) in [7, 11) is 0. The van der Waals surface area contributed by atoms with E-state index in [1.165, 1.54) is 41.5 Å². The van der Waals surface area contributed by atoms with Gasteiger partial charge in [0.1, 0.15) is 6.10 Å². The van der Waals surface area contributed by atoms with Crippen molar-refractivity contribution in [3.05, 3.63) is 34.4 Å². The predicted octanol–water partition coefficient (Wildman–Crippen LogP) is 5.81. The van der Waals surface area contributed by atoms with Gasteiger partial charge in [0, 0.05) is 0 Å². The van der Waals surface area contributed by atoms with Gasteiger partial charge in [0.25, 0.3) is 0 Å². The molecule has 0 aromatic heterocycles. The van der Waals surface area contributed by atoms with Crippen LogP contribution < -0.4 is 0 Å². The lowest BCUT2D eigenvalue weighted by molar-refractivity contribution is -0.160. The summed E-state index contributed by atoms with van der Waals surface area (Å²) < 4.78 is 11.8. The Balaban J connectivity index is 1.37. The molecule has 0 bridgehead atoms. The number of esters is 1. The molecule has 3 heteroatoms. The van der Waals surface area contributed by atoms with E-state index in [9.17, 15) is 4.79 Å². The van der Waals surface area contributed by atoms with E-state index in [1.807, 2.05) is 6.92 Å². The first kappa shape index (κ1) is 20.4. The van der Waals surface area contributed by atoms with Crippen LogP contribution in [-0.2, 0) is 20.9 Å². The first-order valence-electron chi connectivity index (χ1n) is 10.8. The number of aryl methyl sites for hydroxylation is 1. The maximum atomic E-state index is 11.7. The molecule has 1 saturated heterocycles. The van der Waals surface area contributed by atoms with Crippen LogP contribution in [0.15, 0.2) is 12.1 Å². The highest BCUT2D eigenvalue weighted by molar-refractivity contribution is 5.72. The van der Waals surface area contributed by atoms with Gasteiger partial charge in [-0.3, -0.25) is 4.79 Å². The average molecular weight is 373 g/mol. The van der Waals surface area contributed by atoms with Gasteiger partial charge in [-0.15, -0.1) is 0 Å². The second kappa shape index (κ2) is 9.23. The van der Waals surface area contributed by atoms with Crippen LogP contribution in [0.4, 0.5) is 0 Å². The van der Waals surface area contributed by atoms with Gasteiger partial charge in [-0.25, -0.2) is 0 Å². The summed E-state index contributed by atoms with van der Waals surface area (Å²) in [5.41, 5.74) is 5.45. The zero-order valence-corrected chi connectivity index (χ0v) is 17.6. The molecule has 2 unspecified atom stereocenters. The fraction of sp³-hybridized carbons (Fsp3) is 0.708. The Morgan fingerprint density at radius 2 is 1.70 bits per heavy atom. The van der Waals surface area contributed by atoms with E-state index in [0.29, 0.717) is 6.10 Å². The highest BCUT2D eigenvalue weighted by atomic mass is 16.5. The van der Waals surface area contributed by atoms with Crippen LogP contribution in [0.5, 0.6) is 0 Å². The number of cyclic esters (lactones) is 1. The third-order valence-electron chi connectivity index (χ3n) is 6.94. The van der Waals surface area contributed by atoms with Crippen LogP contribution in [0, 0.1) is 32.6 Å². The lowest BCUT2D eigenvalue weighted by atomic mass is 9.83. The van der Waals surface area contributed by atoms with Crippen LogP contribution in [0.1, 0.15) is 80.5 Å². The van der Waals surface area contributed by atoms with Crippen molar-refractivity contribution in [3.63, 3.8) is 0 Å². The van der Waals surface area contributed by atoms with E-state index in [0.717, 1.165) is 44.6 Å². The highest BCUT2D eigenvalue weighted by Gasteiger charge is 2.28. The van der Waals surface area contributed by atoms with Crippen LogP contribution >= 0.6 is 0 Å². The van der Waals surface area contributed by atoms with E-state index >= 15 is 0 Å². The van der Waals surface area contributed by atoms with Gasteiger partial charge in [0.2, 0.25) is 0 Å². The van der Waals surface area contributed by atoms with Gasteiger partial charge in [0.15, 0.2) is 0 Å². The molecule has 1 heterocycles. The molecule has 2 aliphatic rings. The molecule has 0 spiro atoms. The molecule has 1 aliphatic heterocycles. The summed E-state index contributed by atoms with van der Waals surface area (Å²) in [4.78, 5) is 11.7. The molecule has 3 rings (SSSR count). The summed E-state index contributed by atoms with van der Waals surface area (Å²) in [6.45, 7) is 9.28. The largest absolute Gasteiger partial charge is 0.462 e. The summed E-state index contributed by atoms with van der Waals surface area (Å²) in [5.74, 6) is 0.867. The van der Waals surface area contributed by atoms with Gasteiger partial charge in [-0.05, 0) is 100 Å². The van der Waals surface area contributed by atoms with E-state index in [2.05, 4.69) is 32.9 Å². The fourth-order valence-electron chi connectivity index (χ4n) is 4.48. The molecule has 1 aromatic rings. The molecule has 1 saturated carbocycles. The summed E-state index contributed by atoms with van der Waals surface area (Å²) >= 11 is 0. The molecule has 0 radical (unpaired) electrons. The lowest BCUT2D eigenvalue weighted by Crippen LogP contribution is -2.30. The monoisotopic (exact) mass is 372 g/mol. The minimum absolute atomic E-state index is 0.00462. The Morgan fingerprint density at radius 3 is 2.41 bits per heavy atom. The number of ether oxygens (including phenoxy) is 2. The maximum Gasteiger partial charge on any atom is 0.308 e. The molecule has 3 nitrogen and oxygen atoms in total. The predicted molar refractivity (Wildman–Crippen MR) is 109 cm³/mol. The highest BCUT2D eigenvalue weighted by Crippen LogP contribution is 2.32. The topological polar surface area (TPSA) is 35.5 Å². The average Bonchev–Trinajstić information content (AvgIpc) is 2.67. The lowest BCUT2D eigenvalue weighted by Gasteiger charge is -2.31. The maximum absolute atomic E-state index is 11.7. The quantitative estimate of drug-likeness (QED) is 0.591. The molecular weight excluding hydrogens is 336 g/mol. The summed E-state index contributed by atoms with van der Waals surface area (Å²) in [5, 5.41) is 0. The van der Waals surface area contributed by atoms with E-state index in [1.54, 1.807) is 0 Å². The van der Waals surface area contributed by atoms with Crippen molar-refractivity contribution in [1.29, 1.82) is 0 Å². The summed E-state index contributed by atoms with van der Waals surface area (Å²) in [6.07, 6.45) is 9.63. The van der Waals surface area contributed by atoms with Crippen molar-refractivity contribution in [1.82, 2.24) is 0 Å². The standard InChI is InChI=1S/C24H36O3/c1-16-5-10-21(19(4)18(16)3)15-26-22-12-7-20(8-13-22)9-14-23-11-6-17(2)24(25)27-23/h5,10,17,20,22-23H,6-9,11-15H2,1-4H3. The second-order valence-electron chi connectivity index (χ2n) is 8.86. The van der Waals surface area contributed by atoms with Crippen molar-refractivity contribution in [3.8, 4) is 0 Å². The third kappa shape index (κ3) is 5.34. The second-order valence-corrected chi connectivity index (χ2v) is 8.86. The first-order chi connectivity index (χ1) is 12.9. The van der Waals surface area contributed by atoms with Crippen LogP contribution in [0.3, 0.4) is 0 Å². The number of benzene rings is 1. The van der Waals surface area contributed by atoms with Gasteiger partial charge in [-0.2, -0.15) is 0 Å². The molecular formula is C24H36O3. The van der Waals surface area contributed by atoms with E-state index in [4.69, 9.17) is 9.47 Å². The number of rotatable bonds is 6. The Kier molecular flexibility index (Phi) is 6.97. The van der Waals surface area contributed by atoms with Crippen molar-refractivity contribution >= 4 is 5.97 Å². The van der Waals surface area contributed by atoms with E-state index in [-0.39, 0.29) is 18.0 Å². The Morgan fingerprint density at radius 1 is 0.963 bits per heavy atom. The Labute approximate surface area is 164 Å². The number of carbonyl (C=O) groups is 1. The molecule has 1 aliphatic carbocycles.